The number of rotatable bonds is 7. The van der Waals surface area contributed by atoms with Crippen molar-refractivity contribution in [2.24, 2.45) is 0 Å². The van der Waals surface area contributed by atoms with E-state index >= 15 is 0 Å². The van der Waals surface area contributed by atoms with Crippen molar-refractivity contribution in [3.63, 3.8) is 0 Å². The van der Waals surface area contributed by atoms with Crippen LogP contribution < -0.4 is 10.1 Å². The monoisotopic (exact) mass is 468 g/mol. The lowest BCUT2D eigenvalue weighted by atomic mass is 10.0. The first-order valence-electron chi connectivity index (χ1n) is 11.1. The van der Waals surface area contributed by atoms with Crippen LogP contribution >= 0.6 is 11.8 Å². The zero-order chi connectivity index (χ0) is 22.6. The van der Waals surface area contributed by atoms with Crippen LogP contribution in [0.4, 0.5) is 4.39 Å². The number of nitrogens with one attached hydrogen (secondary N) is 1. The number of hydrogen-bond donors (Lipinski definition) is 1. The number of halogens is 1. The Balaban J connectivity index is 1.30. The highest BCUT2D eigenvalue weighted by Gasteiger charge is 2.25. The molecule has 0 spiro atoms. The number of nitrogens with zero attached hydrogens (tertiary/aromatic N) is 3. The molecule has 9 heteroatoms. The minimum atomic E-state index is -0.301. The van der Waals surface area contributed by atoms with Crippen LogP contribution in [0, 0.1) is 5.82 Å². The quantitative estimate of drug-likeness (QED) is 0.528. The number of carbonyl (C=O) groups is 1. The molecule has 1 N–H and O–H groups in total. The molecule has 0 aliphatic carbocycles. The van der Waals surface area contributed by atoms with Crippen LogP contribution in [0.15, 0.2) is 53.7 Å². The lowest BCUT2D eigenvalue weighted by molar-refractivity contribution is -0.119. The standard InChI is InChI=1S/C24H25FN4O3S/c25-17-9-7-16(8-10-17)23-27-28-24(29(23)14-18-4-3-12-31-18)33-15-22(30)26-20-11-13-32-21-6-2-1-5-19(20)21/h1-2,5-10,18,20H,3-4,11-15H2,(H,26,30). The third-order valence-electron chi connectivity index (χ3n) is 5.86. The molecule has 2 unspecified atom stereocenters. The zero-order valence-electron chi connectivity index (χ0n) is 18.1. The molecule has 2 atom stereocenters. The predicted molar refractivity (Wildman–Crippen MR) is 123 cm³/mol. The van der Waals surface area contributed by atoms with Crippen LogP contribution in [0.3, 0.4) is 0 Å². The van der Waals surface area contributed by atoms with Gasteiger partial charge in [0.1, 0.15) is 11.6 Å². The zero-order valence-corrected chi connectivity index (χ0v) is 18.9. The summed E-state index contributed by atoms with van der Waals surface area (Å²) in [6.07, 6.45) is 2.80. The fraction of sp³-hybridized carbons (Fsp3) is 0.375. The summed E-state index contributed by atoms with van der Waals surface area (Å²) >= 11 is 1.34. The van der Waals surface area contributed by atoms with Gasteiger partial charge in [-0.15, -0.1) is 10.2 Å². The molecule has 33 heavy (non-hydrogen) atoms. The van der Waals surface area contributed by atoms with Crippen LogP contribution in [-0.2, 0) is 16.1 Å². The van der Waals surface area contributed by atoms with Gasteiger partial charge in [-0.05, 0) is 43.2 Å². The Morgan fingerprint density at radius 3 is 2.79 bits per heavy atom. The molecule has 3 heterocycles. The molecule has 0 radical (unpaired) electrons. The summed E-state index contributed by atoms with van der Waals surface area (Å²) in [4.78, 5) is 12.8. The van der Waals surface area contributed by atoms with E-state index in [2.05, 4.69) is 15.5 Å². The first-order chi connectivity index (χ1) is 16.2. The van der Waals surface area contributed by atoms with E-state index in [-0.39, 0.29) is 29.6 Å². The first kappa shape index (κ1) is 21.9. The summed E-state index contributed by atoms with van der Waals surface area (Å²) in [6.45, 7) is 1.92. The number of amides is 1. The second-order valence-corrected chi connectivity index (χ2v) is 9.08. The van der Waals surface area contributed by atoms with Gasteiger partial charge >= 0.3 is 0 Å². The molecule has 1 aromatic heterocycles. The maximum Gasteiger partial charge on any atom is 0.230 e. The van der Waals surface area contributed by atoms with Gasteiger partial charge in [-0.1, -0.05) is 30.0 Å². The largest absolute Gasteiger partial charge is 0.493 e. The number of benzene rings is 2. The lowest BCUT2D eigenvalue weighted by Gasteiger charge is -2.26. The number of carbonyl (C=O) groups excluding carboxylic acids is 1. The summed E-state index contributed by atoms with van der Waals surface area (Å²) in [5.74, 6) is 1.31. The lowest BCUT2D eigenvalue weighted by Crippen LogP contribution is -2.33. The van der Waals surface area contributed by atoms with Crippen LogP contribution in [-0.4, -0.2) is 45.7 Å². The fourth-order valence-electron chi connectivity index (χ4n) is 4.22. The minimum Gasteiger partial charge on any atom is -0.493 e. The van der Waals surface area contributed by atoms with Crippen molar-refractivity contribution in [3.05, 3.63) is 59.9 Å². The van der Waals surface area contributed by atoms with Gasteiger partial charge in [0, 0.05) is 24.2 Å². The summed E-state index contributed by atoms with van der Waals surface area (Å²) in [6, 6.07) is 13.9. The van der Waals surface area contributed by atoms with Crippen LogP contribution in [0.2, 0.25) is 0 Å². The van der Waals surface area contributed by atoms with Crippen molar-refractivity contribution in [2.75, 3.05) is 19.0 Å². The maximum absolute atomic E-state index is 13.4. The van der Waals surface area contributed by atoms with E-state index in [4.69, 9.17) is 9.47 Å². The Labute approximate surface area is 195 Å². The normalized spacial score (nSPS) is 19.7. The SMILES string of the molecule is O=C(CSc1nnc(-c2ccc(F)cc2)n1CC1CCCO1)NC1CCOc2ccccc21. The van der Waals surface area contributed by atoms with Crippen molar-refractivity contribution >= 4 is 17.7 Å². The molecule has 172 valence electrons. The second-order valence-electron chi connectivity index (χ2n) is 8.14. The van der Waals surface area contributed by atoms with E-state index in [1.54, 1.807) is 12.1 Å². The summed E-state index contributed by atoms with van der Waals surface area (Å²) in [5, 5.41) is 12.5. The first-order valence-corrected chi connectivity index (χ1v) is 12.1. The van der Waals surface area contributed by atoms with Gasteiger partial charge in [0.25, 0.3) is 0 Å². The van der Waals surface area contributed by atoms with Gasteiger partial charge in [-0.25, -0.2) is 4.39 Å². The second kappa shape index (κ2) is 9.93. The highest BCUT2D eigenvalue weighted by Crippen LogP contribution is 2.32. The number of para-hydroxylation sites is 1. The van der Waals surface area contributed by atoms with Crippen LogP contribution in [0.5, 0.6) is 5.75 Å². The molecule has 2 aliphatic rings. The molecule has 5 rings (SSSR count). The van der Waals surface area contributed by atoms with Gasteiger partial charge in [0.15, 0.2) is 11.0 Å². The molecular formula is C24H25FN4O3S. The van der Waals surface area contributed by atoms with E-state index in [1.165, 1.54) is 23.9 Å². The summed E-state index contributed by atoms with van der Waals surface area (Å²) in [7, 11) is 0. The molecule has 1 saturated heterocycles. The minimum absolute atomic E-state index is 0.0671. The van der Waals surface area contributed by atoms with Crippen molar-refractivity contribution in [2.45, 2.75) is 43.1 Å². The number of fused-ring (bicyclic) bond motifs is 1. The topological polar surface area (TPSA) is 78.3 Å². The third kappa shape index (κ3) is 5.04. The van der Waals surface area contributed by atoms with Crippen molar-refractivity contribution in [3.8, 4) is 17.1 Å². The van der Waals surface area contributed by atoms with Gasteiger partial charge in [-0.2, -0.15) is 0 Å². The van der Waals surface area contributed by atoms with Gasteiger partial charge in [0.05, 0.1) is 31.1 Å². The van der Waals surface area contributed by atoms with Crippen molar-refractivity contribution in [1.82, 2.24) is 20.1 Å². The van der Waals surface area contributed by atoms with E-state index < -0.39 is 0 Å². The fourth-order valence-corrected chi connectivity index (χ4v) is 4.98. The Hall–Kier alpha value is -2.91. The molecule has 1 fully saturated rings. The average Bonchev–Trinajstić information content (AvgIpc) is 3.49. The van der Waals surface area contributed by atoms with E-state index in [0.29, 0.717) is 24.1 Å². The molecular weight excluding hydrogens is 443 g/mol. The maximum atomic E-state index is 13.4. The number of thioether (sulfide) groups is 1. The van der Waals surface area contributed by atoms with Gasteiger partial charge < -0.3 is 14.8 Å². The third-order valence-corrected chi connectivity index (χ3v) is 6.82. The smallest absolute Gasteiger partial charge is 0.230 e. The molecule has 0 bridgehead atoms. The number of aromatic nitrogens is 3. The Morgan fingerprint density at radius 1 is 1.12 bits per heavy atom. The Bertz CT molecular complexity index is 1120. The van der Waals surface area contributed by atoms with Crippen LogP contribution in [0.1, 0.15) is 30.9 Å². The number of ether oxygens (including phenoxy) is 2. The average molecular weight is 469 g/mol. The molecule has 2 aliphatic heterocycles. The molecule has 7 nitrogen and oxygen atoms in total. The summed E-state index contributed by atoms with van der Waals surface area (Å²) in [5.41, 5.74) is 1.78. The van der Waals surface area contributed by atoms with Crippen LogP contribution in [0.25, 0.3) is 11.4 Å². The Kier molecular flexibility index (Phi) is 6.59. The van der Waals surface area contributed by atoms with Gasteiger partial charge in [-0.3, -0.25) is 9.36 Å². The predicted octanol–water partition coefficient (Wildman–Crippen LogP) is 4.00. The van der Waals surface area contributed by atoms with Crippen molar-refractivity contribution < 1.29 is 18.7 Å². The highest BCUT2D eigenvalue weighted by molar-refractivity contribution is 7.99. The van der Waals surface area contributed by atoms with Crippen molar-refractivity contribution in [1.29, 1.82) is 0 Å². The summed E-state index contributed by atoms with van der Waals surface area (Å²) < 4.78 is 26.9. The number of hydrogen-bond acceptors (Lipinski definition) is 6. The Morgan fingerprint density at radius 2 is 1.97 bits per heavy atom. The molecule has 0 saturated carbocycles. The molecule has 1 amide bonds. The van der Waals surface area contributed by atoms with E-state index in [9.17, 15) is 9.18 Å². The van der Waals surface area contributed by atoms with E-state index in [1.807, 2.05) is 28.8 Å². The molecule has 3 aromatic rings. The van der Waals surface area contributed by atoms with E-state index in [0.717, 1.165) is 42.7 Å². The molecule has 2 aromatic carbocycles. The highest BCUT2D eigenvalue weighted by atomic mass is 32.2. The van der Waals surface area contributed by atoms with Gasteiger partial charge in [0.2, 0.25) is 5.91 Å².